The van der Waals surface area contributed by atoms with Crippen LogP contribution in [0, 0.1) is 11.8 Å². The van der Waals surface area contributed by atoms with Gasteiger partial charge in [-0.25, -0.2) is 4.79 Å². The van der Waals surface area contributed by atoms with Crippen molar-refractivity contribution in [2.45, 2.75) is 38.5 Å². The molecule has 3 aliphatic rings. The van der Waals surface area contributed by atoms with E-state index < -0.39 is 5.97 Å². The summed E-state index contributed by atoms with van der Waals surface area (Å²) in [6.07, 6.45) is 5.97. The fraction of sp³-hybridized carbons (Fsp3) is 0.562. The molecular formula is C16H18N2O5S. The lowest BCUT2D eigenvalue weighted by Crippen LogP contribution is -2.38. The van der Waals surface area contributed by atoms with E-state index in [0.717, 1.165) is 17.9 Å². The molecule has 1 saturated carbocycles. The molecule has 24 heavy (non-hydrogen) atoms. The molecule has 8 heteroatoms. The van der Waals surface area contributed by atoms with Gasteiger partial charge in [-0.05, 0) is 31.6 Å². The minimum Gasteiger partial charge on any atom is -0.332 e. The van der Waals surface area contributed by atoms with E-state index in [1.165, 1.54) is 17.1 Å². The van der Waals surface area contributed by atoms with Gasteiger partial charge in [-0.15, -0.1) is 5.06 Å². The van der Waals surface area contributed by atoms with Gasteiger partial charge in [0, 0.05) is 31.5 Å². The van der Waals surface area contributed by atoms with E-state index in [2.05, 4.69) is 0 Å². The molecule has 0 N–H and O–H groups in total. The first-order chi connectivity index (χ1) is 11.5. The Bertz CT molecular complexity index is 602. The summed E-state index contributed by atoms with van der Waals surface area (Å²) in [6.45, 7) is 0.390. The van der Waals surface area contributed by atoms with Gasteiger partial charge >= 0.3 is 5.97 Å². The second kappa shape index (κ2) is 6.80. The van der Waals surface area contributed by atoms with Crippen LogP contribution in [0.2, 0.25) is 0 Å². The lowest BCUT2D eigenvalue weighted by atomic mass is 9.82. The molecule has 0 bridgehead atoms. The molecule has 0 aromatic heterocycles. The second-order valence-electron chi connectivity index (χ2n) is 6.33. The van der Waals surface area contributed by atoms with Gasteiger partial charge in [0.25, 0.3) is 17.7 Å². The van der Waals surface area contributed by atoms with Crippen molar-refractivity contribution in [3.63, 3.8) is 0 Å². The minimum atomic E-state index is -0.430. The average molecular weight is 350 g/mol. The molecule has 0 spiro atoms. The first kappa shape index (κ1) is 16.8. The molecule has 3 amide bonds. The van der Waals surface area contributed by atoms with E-state index in [9.17, 15) is 19.2 Å². The molecule has 2 aliphatic heterocycles. The number of hydrogen-bond acceptors (Lipinski definition) is 6. The maximum atomic E-state index is 12.2. The van der Waals surface area contributed by atoms with E-state index in [1.54, 1.807) is 0 Å². The van der Waals surface area contributed by atoms with E-state index >= 15 is 0 Å². The Balaban J connectivity index is 1.47. The van der Waals surface area contributed by atoms with Crippen LogP contribution >= 0.6 is 12.2 Å². The van der Waals surface area contributed by atoms with Crippen LogP contribution in [0.25, 0.3) is 0 Å². The van der Waals surface area contributed by atoms with Crippen molar-refractivity contribution in [3.8, 4) is 0 Å². The summed E-state index contributed by atoms with van der Waals surface area (Å²) in [6, 6.07) is 0. The number of imide groups is 1. The molecule has 128 valence electrons. The molecule has 0 aromatic rings. The van der Waals surface area contributed by atoms with Crippen molar-refractivity contribution in [2.75, 3.05) is 6.54 Å². The van der Waals surface area contributed by atoms with Gasteiger partial charge in [-0.1, -0.05) is 12.2 Å². The van der Waals surface area contributed by atoms with Crippen LogP contribution in [0.5, 0.6) is 0 Å². The van der Waals surface area contributed by atoms with Gasteiger partial charge in [-0.3, -0.25) is 19.3 Å². The van der Waals surface area contributed by atoms with Gasteiger partial charge in [0.15, 0.2) is 0 Å². The molecular weight excluding hydrogens is 332 g/mol. The molecule has 3 rings (SSSR count). The van der Waals surface area contributed by atoms with Crippen molar-refractivity contribution in [2.24, 2.45) is 11.8 Å². The first-order valence-corrected chi connectivity index (χ1v) is 8.47. The Kier molecular flexibility index (Phi) is 4.75. The highest BCUT2D eigenvalue weighted by molar-refractivity contribution is 7.80. The lowest BCUT2D eigenvalue weighted by Gasteiger charge is -2.30. The van der Waals surface area contributed by atoms with Gasteiger partial charge in [0.2, 0.25) is 0 Å². The number of nitrogens with zero attached hydrogens (tertiary/aromatic N) is 2. The number of hydroxylamine groups is 2. The third-order valence-electron chi connectivity index (χ3n) is 4.71. The van der Waals surface area contributed by atoms with Crippen molar-refractivity contribution in [1.82, 2.24) is 9.96 Å². The largest absolute Gasteiger partial charge is 0.336 e. The minimum absolute atomic E-state index is 0.191. The molecule has 2 heterocycles. The monoisotopic (exact) mass is 350 g/mol. The van der Waals surface area contributed by atoms with Crippen LogP contribution in [0.4, 0.5) is 0 Å². The molecule has 2 fully saturated rings. The van der Waals surface area contributed by atoms with Crippen LogP contribution in [-0.2, 0) is 24.0 Å². The SMILES string of the molecule is O=C(ON1C(=O)CCC1=S)C1CCC(CN2C(=O)C=CC2=O)CC1. The standard InChI is InChI=1S/C16H18N2O5S/c19-12-5-6-13(20)17(12)9-10-1-3-11(4-2-10)16(22)23-18-14(21)7-8-15(18)24/h5-6,10-11H,1-4,7-9H2. The number of thiocarbonyl (C=S) groups is 1. The highest BCUT2D eigenvalue weighted by Crippen LogP contribution is 2.31. The summed E-state index contributed by atoms with van der Waals surface area (Å²) in [5.41, 5.74) is 0. The third kappa shape index (κ3) is 3.38. The quantitative estimate of drug-likeness (QED) is 0.558. The van der Waals surface area contributed by atoms with Gasteiger partial charge < -0.3 is 4.84 Å². The fourth-order valence-corrected chi connectivity index (χ4v) is 3.51. The number of hydrogen-bond donors (Lipinski definition) is 0. The van der Waals surface area contributed by atoms with Crippen molar-refractivity contribution < 1.29 is 24.0 Å². The zero-order valence-corrected chi connectivity index (χ0v) is 13.9. The van der Waals surface area contributed by atoms with Crippen LogP contribution in [0.3, 0.4) is 0 Å². The van der Waals surface area contributed by atoms with Crippen LogP contribution in [0.1, 0.15) is 38.5 Å². The smallest absolute Gasteiger partial charge is 0.332 e. The van der Waals surface area contributed by atoms with Crippen molar-refractivity contribution in [1.29, 1.82) is 0 Å². The first-order valence-electron chi connectivity index (χ1n) is 8.07. The molecule has 1 saturated heterocycles. The summed E-state index contributed by atoms with van der Waals surface area (Å²) < 4.78 is 0. The molecule has 0 unspecified atom stereocenters. The van der Waals surface area contributed by atoms with Crippen LogP contribution < -0.4 is 0 Å². The normalized spacial score (nSPS) is 27.3. The zero-order chi connectivity index (χ0) is 17.3. The Hall–Kier alpha value is -2.09. The fourth-order valence-electron chi connectivity index (χ4n) is 3.27. The average Bonchev–Trinajstić information content (AvgIpc) is 3.05. The predicted octanol–water partition coefficient (Wildman–Crippen LogP) is 1.13. The Morgan fingerprint density at radius 3 is 2.25 bits per heavy atom. The summed E-state index contributed by atoms with van der Waals surface area (Å²) in [4.78, 5) is 53.7. The van der Waals surface area contributed by atoms with E-state index in [-0.39, 0.29) is 36.0 Å². The molecule has 7 nitrogen and oxygen atoms in total. The highest BCUT2D eigenvalue weighted by Gasteiger charge is 2.35. The van der Waals surface area contributed by atoms with Gasteiger partial charge in [-0.2, -0.15) is 0 Å². The molecule has 0 radical (unpaired) electrons. The van der Waals surface area contributed by atoms with Crippen molar-refractivity contribution in [3.05, 3.63) is 12.2 Å². The van der Waals surface area contributed by atoms with Gasteiger partial charge in [0.1, 0.15) is 4.99 Å². The number of carbonyl (C=O) groups is 4. The summed E-state index contributed by atoms with van der Waals surface area (Å²) in [7, 11) is 0. The molecule has 1 aliphatic carbocycles. The highest BCUT2D eigenvalue weighted by atomic mass is 32.1. The molecule has 0 atom stereocenters. The number of amides is 3. The second-order valence-corrected chi connectivity index (χ2v) is 6.80. The third-order valence-corrected chi connectivity index (χ3v) is 5.08. The zero-order valence-electron chi connectivity index (χ0n) is 13.1. The van der Waals surface area contributed by atoms with Crippen LogP contribution in [-0.4, -0.2) is 45.2 Å². The number of rotatable bonds is 4. The van der Waals surface area contributed by atoms with Crippen LogP contribution in [0.15, 0.2) is 12.2 Å². The maximum absolute atomic E-state index is 12.2. The van der Waals surface area contributed by atoms with Gasteiger partial charge in [0.05, 0.1) is 5.92 Å². The topological polar surface area (TPSA) is 84.0 Å². The summed E-state index contributed by atoms with van der Waals surface area (Å²) in [5.74, 6) is -1.34. The predicted molar refractivity (Wildman–Crippen MR) is 86.1 cm³/mol. The lowest BCUT2D eigenvalue weighted by molar-refractivity contribution is -0.185. The van der Waals surface area contributed by atoms with Crippen molar-refractivity contribution >= 4 is 40.9 Å². The summed E-state index contributed by atoms with van der Waals surface area (Å²) >= 11 is 5.01. The van der Waals surface area contributed by atoms with E-state index in [4.69, 9.17) is 17.1 Å². The summed E-state index contributed by atoms with van der Waals surface area (Å²) in [5, 5.41) is 0.941. The Morgan fingerprint density at radius 1 is 1.08 bits per heavy atom. The Morgan fingerprint density at radius 2 is 1.71 bits per heavy atom. The Labute approximate surface area is 144 Å². The molecule has 0 aromatic carbocycles. The number of carbonyl (C=O) groups excluding carboxylic acids is 4. The maximum Gasteiger partial charge on any atom is 0.336 e. The van der Waals surface area contributed by atoms with E-state index in [1.807, 2.05) is 0 Å². The van der Waals surface area contributed by atoms with E-state index in [0.29, 0.717) is 30.8 Å².